The van der Waals surface area contributed by atoms with Crippen molar-refractivity contribution in [3.8, 4) is 0 Å². The Labute approximate surface area is 118 Å². The highest BCUT2D eigenvalue weighted by atomic mass is 16.5. The van der Waals surface area contributed by atoms with E-state index in [2.05, 4.69) is 24.1 Å². The Bertz CT molecular complexity index is 314. The van der Waals surface area contributed by atoms with E-state index in [1.807, 2.05) is 0 Å². The second kappa shape index (κ2) is 5.34. The standard InChI is InChI=1S/C16H30N2O/c1-3-15(2)13-17-10-11-18(15)12-14-6-9-16(19-14)7-4-5-8-16/h14,17H,3-13H2,1-2H3. The Morgan fingerprint density at radius 2 is 2.05 bits per heavy atom. The van der Waals surface area contributed by atoms with Crippen LogP contribution in [-0.4, -0.2) is 48.3 Å². The van der Waals surface area contributed by atoms with Gasteiger partial charge >= 0.3 is 0 Å². The predicted molar refractivity (Wildman–Crippen MR) is 78.4 cm³/mol. The lowest BCUT2D eigenvalue weighted by molar-refractivity contribution is -0.0630. The Morgan fingerprint density at radius 3 is 2.79 bits per heavy atom. The number of nitrogens with zero attached hydrogens (tertiary/aromatic N) is 1. The molecule has 3 nitrogen and oxygen atoms in total. The number of rotatable bonds is 3. The Kier molecular flexibility index (Phi) is 3.89. The summed E-state index contributed by atoms with van der Waals surface area (Å²) in [5, 5.41) is 3.55. The van der Waals surface area contributed by atoms with E-state index in [9.17, 15) is 0 Å². The summed E-state index contributed by atoms with van der Waals surface area (Å²) in [4.78, 5) is 2.68. The zero-order valence-corrected chi connectivity index (χ0v) is 12.7. The first-order valence-electron chi connectivity index (χ1n) is 8.29. The highest BCUT2D eigenvalue weighted by molar-refractivity contribution is 4.97. The fourth-order valence-corrected chi connectivity index (χ4v) is 4.27. The van der Waals surface area contributed by atoms with Crippen LogP contribution >= 0.6 is 0 Å². The molecule has 0 aromatic rings. The number of hydrogen-bond donors (Lipinski definition) is 1. The third-order valence-corrected chi connectivity index (χ3v) is 5.87. The highest BCUT2D eigenvalue weighted by Gasteiger charge is 2.44. The molecule has 2 heterocycles. The van der Waals surface area contributed by atoms with Crippen molar-refractivity contribution >= 4 is 0 Å². The monoisotopic (exact) mass is 266 g/mol. The third kappa shape index (κ3) is 2.70. The van der Waals surface area contributed by atoms with Crippen LogP contribution in [0, 0.1) is 0 Å². The third-order valence-electron chi connectivity index (χ3n) is 5.87. The summed E-state index contributed by atoms with van der Waals surface area (Å²) in [6.45, 7) is 9.30. The molecule has 0 radical (unpaired) electrons. The molecule has 3 rings (SSSR count). The lowest BCUT2D eigenvalue weighted by Gasteiger charge is -2.46. The van der Waals surface area contributed by atoms with Gasteiger partial charge in [0.15, 0.2) is 0 Å². The Hall–Kier alpha value is -0.120. The maximum atomic E-state index is 6.49. The van der Waals surface area contributed by atoms with Crippen LogP contribution in [0.5, 0.6) is 0 Å². The van der Waals surface area contributed by atoms with E-state index in [1.165, 1.54) is 51.5 Å². The lowest BCUT2D eigenvalue weighted by atomic mass is 9.93. The molecule has 110 valence electrons. The van der Waals surface area contributed by atoms with Crippen LogP contribution in [0.3, 0.4) is 0 Å². The minimum absolute atomic E-state index is 0.293. The maximum absolute atomic E-state index is 6.49. The van der Waals surface area contributed by atoms with Crippen molar-refractivity contribution in [2.75, 3.05) is 26.2 Å². The molecule has 1 spiro atoms. The van der Waals surface area contributed by atoms with Gasteiger partial charge in [0.25, 0.3) is 0 Å². The summed E-state index contributed by atoms with van der Waals surface area (Å²) < 4.78 is 6.49. The number of ether oxygens (including phenoxy) is 1. The van der Waals surface area contributed by atoms with E-state index >= 15 is 0 Å². The molecule has 2 unspecified atom stereocenters. The van der Waals surface area contributed by atoms with Crippen molar-refractivity contribution < 1.29 is 4.74 Å². The second-order valence-corrected chi connectivity index (χ2v) is 7.14. The van der Waals surface area contributed by atoms with Crippen molar-refractivity contribution in [2.24, 2.45) is 0 Å². The van der Waals surface area contributed by atoms with Crippen LogP contribution < -0.4 is 5.32 Å². The van der Waals surface area contributed by atoms with Crippen molar-refractivity contribution in [1.82, 2.24) is 10.2 Å². The minimum atomic E-state index is 0.293. The normalized spacial score (nSPS) is 39.2. The molecule has 1 N–H and O–H groups in total. The zero-order chi connectivity index (χ0) is 13.3. The van der Waals surface area contributed by atoms with Crippen LogP contribution in [0.2, 0.25) is 0 Å². The molecule has 0 aromatic heterocycles. The van der Waals surface area contributed by atoms with Gasteiger partial charge in [-0.1, -0.05) is 19.8 Å². The van der Waals surface area contributed by atoms with Gasteiger partial charge in [-0.25, -0.2) is 0 Å². The van der Waals surface area contributed by atoms with Gasteiger partial charge < -0.3 is 10.1 Å². The largest absolute Gasteiger partial charge is 0.370 e. The lowest BCUT2D eigenvalue weighted by Crippen LogP contribution is -2.60. The minimum Gasteiger partial charge on any atom is -0.370 e. The molecule has 0 amide bonds. The van der Waals surface area contributed by atoms with Crippen LogP contribution in [-0.2, 0) is 4.74 Å². The fraction of sp³-hybridized carbons (Fsp3) is 1.00. The number of piperazine rings is 1. The molecule has 3 fully saturated rings. The topological polar surface area (TPSA) is 24.5 Å². The van der Waals surface area contributed by atoms with E-state index < -0.39 is 0 Å². The van der Waals surface area contributed by atoms with Crippen molar-refractivity contribution in [2.45, 2.75) is 76.0 Å². The van der Waals surface area contributed by atoms with Crippen LogP contribution in [0.1, 0.15) is 58.8 Å². The van der Waals surface area contributed by atoms with Crippen LogP contribution in [0.25, 0.3) is 0 Å². The van der Waals surface area contributed by atoms with Gasteiger partial charge in [-0.3, -0.25) is 4.90 Å². The molecule has 0 aromatic carbocycles. The quantitative estimate of drug-likeness (QED) is 0.849. The molecule has 2 saturated heterocycles. The van der Waals surface area contributed by atoms with E-state index in [1.54, 1.807) is 0 Å². The molecule has 1 aliphatic carbocycles. The smallest absolute Gasteiger partial charge is 0.0710 e. The zero-order valence-electron chi connectivity index (χ0n) is 12.7. The molecular formula is C16H30N2O. The molecule has 2 aliphatic heterocycles. The van der Waals surface area contributed by atoms with Gasteiger partial charge in [0, 0.05) is 31.7 Å². The van der Waals surface area contributed by atoms with Gasteiger partial charge in [-0.15, -0.1) is 0 Å². The number of nitrogens with one attached hydrogen (secondary N) is 1. The average molecular weight is 266 g/mol. The maximum Gasteiger partial charge on any atom is 0.0710 e. The molecule has 2 atom stereocenters. The molecule has 19 heavy (non-hydrogen) atoms. The first-order chi connectivity index (χ1) is 9.16. The van der Waals surface area contributed by atoms with Crippen molar-refractivity contribution in [1.29, 1.82) is 0 Å². The predicted octanol–water partition coefficient (Wildman–Crippen LogP) is 2.55. The summed E-state index contributed by atoms with van der Waals surface area (Å²) in [5.41, 5.74) is 0.619. The van der Waals surface area contributed by atoms with Gasteiger partial charge in [0.1, 0.15) is 0 Å². The molecule has 1 saturated carbocycles. The summed E-state index contributed by atoms with van der Waals surface area (Å²) in [6.07, 6.45) is 9.70. The molecule has 0 bridgehead atoms. The van der Waals surface area contributed by atoms with Gasteiger partial charge in [0.2, 0.25) is 0 Å². The summed E-state index contributed by atoms with van der Waals surface area (Å²) in [5.74, 6) is 0. The fourth-order valence-electron chi connectivity index (χ4n) is 4.27. The van der Waals surface area contributed by atoms with Crippen LogP contribution in [0.15, 0.2) is 0 Å². The number of hydrogen-bond acceptors (Lipinski definition) is 3. The van der Waals surface area contributed by atoms with Crippen molar-refractivity contribution in [3.05, 3.63) is 0 Å². The van der Waals surface area contributed by atoms with Gasteiger partial charge in [-0.2, -0.15) is 0 Å². The van der Waals surface area contributed by atoms with Gasteiger partial charge in [0.05, 0.1) is 11.7 Å². The second-order valence-electron chi connectivity index (χ2n) is 7.14. The first-order valence-corrected chi connectivity index (χ1v) is 8.29. The summed E-state index contributed by atoms with van der Waals surface area (Å²) in [7, 11) is 0. The Balaban J connectivity index is 1.59. The Morgan fingerprint density at radius 1 is 1.26 bits per heavy atom. The summed E-state index contributed by atoms with van der Waals surface area (Å²) in [6, 6.07) is 0. The van der Waals surface area contributed by atoms with Crippen LogP contribution in [0.4, 0.5) is 0 Å². The van der Waals surface area contributed by atoms with E-state index in [4.69, 9.17) is 4.74 Å². The first kappa shape index (κ1) is 13.8. The van der Waals surface area contributed by atoms with E-state index in [-0.39, 0.29) is 0 Å². The summed E-state index contributed by atoms with van der Waals surface area (Å²) >= 11 is 0. The SMILES string of the molecule is CCC1(C)CNCCN1CC1CCC2(CCCC2)O1. The van der Waals surface area contributed by atoms with E-state index in [0.29, 0.717) is 17.2 Å². The van der Waals surface area contributed by atoms with Gasteiger partial charge in [-0.05, 0) is 39.0 Å². The van der Waals surface area contributed by atoms with Crippen molar-refractivity contribution in [3.63, 3.8) is 0 Å². The highest BCUT2D eigenvalue weighted by Crippen LogP contribution is 2.43. The molecule has 3 aliphatic rings. The van der Waals surface area contributed by atoms with E-state index in [0.717, 1.165) is 19.6 Å². The average Bonchev–Trinajstić information content (AvgIpc) is 3.04. The molecular weight excluding hydrogens is 236 g/mol. The molecule has 3 heteroatoms.